The molecule has 12 heteroatoms. The van der Waals surface area contributed by atoms with E-state index >= 15 is 0 Å². The van der Waals surface area contributed by atoms with Gasteiger partial charge in [0, 0.05) is 44.8 Å². The lowest BCUT2D eigenvalue weighted by molar-refractivity contribution is -0.136. The number of carbonyl (C=O) groups is 3. The number of aromatic amines is 2. The third-order valence-corrected chi connectivity index (χ3v) is 7.34. The van der Waals surface area contributed by atoms with Crippen LogP contribution in [-0.4, -0.2) is 74.1 Å². The molecule has 0 aliphatic carbocycles. The Morgan fingerprint density at radius 2 is 1.11 bits per heavy atom. The Balaban J connectivity index is 1.33. The maximum absolute atomic E-state index is 12.7. The first-order valence-electron chi connectivity index (χ1n) is 15.0. The van der Waals surface area contributed by atoms with E-state index in [1.54, 1.807) is 24.5 Å². The van der Waals surface area contributed by atoms with Gasteiger partial charge in [-0.1, -0.05) is 48.5 Å². The molecule has 4 N–H and O–H groups in total. The van der Waals surface area contributed by atoms with E-state index in [2.05, 4.69) is 71.9 Å². The molecule has 0 spiro atoms. The molecule has 0 aliphatic rings. The van der Waals surface area contributed by atoms with Crippen molar-refractivity contribution < 1.29 is 19.1 Å². The van der Waals surface area contributed by atoms with Crippen molar-refractivity contribution in [2.75, 3.05) is 14.2 Å². The molecule has 0 unspecified atom stereocenters. The highest BCUT2D eigenvalue weighted by Crippen LogP contribution is 2.27. The van der Waals surface area contributed by atoms with Crippen LogP contribution in [0.25, 0.3) is 33.6 Å². The molecular formula is C33H42N8O4. The van der Waals surface area contributed by atoms with Crippen molar-refractivity contribution in [2.24, 2.45) is 0 Å². The Bertz CT molecular complexity index is 1570. The number of nitrogens with one attached hydrogen (secondary N) is 4. The summed E-state index contributed by atoms with van der Waals surface area (Å²) in [5, 5.41) is 2.90. The lowest BCUT2D eigenvalue weighted by Gasteiger charge is -2.26. The minimum absolute atomic E-state index is 0.0327. The number of ether oxygens (including phenoxy) is 1. The molecule has 2 aromatic carbocycles. The smallest absolute Gasteiger partial charge is 0.425 e. The number of benzene rings is 2. The normalized spacial score (nSPS) is 11.1. The number of aryl methyl sites for hydroxylation is 2. The zero-order valence-electron chi connectivity index (χ0n) is 26.7. The van der Waals surface area contributed by atoms with Crippen LogP contribution in [0.2, 0.25) is 0 Å². The van der Waals surface area contributed by atoms with Gasteiger partial charge in [0.05, 0.1) is 30.9 Å². The SMILES string of the molecule is CNN(C(=O)CCc1ncc(-c2ccc(-c3ccc(-c4cnc(CCC(=O)N(NC(=O)OC)C(C)C)[nH]4)cc3)cc2)[nH]1)C(C)C. The van der Waals surface area contributed by atoms with E-state index in [0.717, 1.165) is 39.5 Å². The summed E-state index contributed by atoms with van der Waals surface area (Å²) in [6.45, 7) is 7.56. The molecule has 4 aromatic rings. The number of rotatable bonds is 12. The van der Waals surface area contributed by atoms with Gasteiger partial charge in [0.2, 0.25) is 11.8 Å². The Hall–Kier alpha value is -4.97. The van der Waals surface area contributed by atoms with Crippen molar-refractivity contribution in [3.63, 3.8) is 0 Å². The second-order valence-corrected chi connectivity index (χ2v) is 11.2. The Morgan fingerprint density at radius 3 is 1.49 bits per heavy atom. The quantitative estimate of drug-likeness (QED) is 0.166. The van der Waals surface area contributed by atoms with Crippen molar-refractivity contribution >= 4 is 17.9 Å². The first-order valence-corrected chi connectivity index (χ1v) is 15.0. The molecule has 2 aromatic heterocycles. The van der Waals surface area contributed by atoms with Gasteiger partial charge in [-0.05, 0) is 49.9 Å². The number of aromatic nitrogens is 4. The van der Waals surface area contributed by atoms with E-state index in [1.165, 1.54) is 12.1 Å². The number of nitrogens with zero attached hydrogens (tertiary/aromatic N) is 4. The zero-order chi connectivity index (χ0) is 32.5. The van der Waals surface area contributed by atoms with Gasteiger partial charge >= 0.3 is 6.09 Å². The average molecular weight is 615 g/mol. The Morgan fingerprint density at radius 1 is 0.711 bits per heavy atom. The third-order valence-electron chi connectivity index (χ3n) is 7.34. The van der Waals surface area contributed by atoms with Crippen molar-refractivity contribution in [3.8, 4) is 33.6 Å². The fourth-order valence-electron chi connectivity index (χ4n) is 4.94. The molecule has 0 saturated heterocycles. The first kappa shape index (κ1) is 32.9. The predicted octanol–water partition coefficient (Wildman–Crippen LogP) is 4.88. The summed E-state index contributed by atoms with van der Waals surface area (Å²) in [7, 11) is 3.00. The highest BCUT2D eigenvalue weighted by atomic mass is 16.5. The van der Waals surface area contributed by atoms with E-state index in [-0.39, 0.29) is 30.3 Å². The molecule has 12 nitrogen and oxygen atoms in total. The molecule has 0 radical (unpaired) electrons. The Kier molecular flexibility index (Phi) is 11.1. The molecule has 2 heterocycles. The van der Waals surface area contributed by atoms with Crippen LogP contribution in [0.15, 0.2) is 60.9 Å². The van der Waals surface area contributed by atoms with Crippen molar-refractivity contribution in [3.05, 3.63) is 72.6 Å². The van der Waals surface area contributed by atoms with Crippen LogP contribution in [0.1, 0.15) is 52.2 Å². The van der Waals surface area contributed by atoms with Crippen LogP contribution in [0.5, 0.6) is 0 Å². The van der Waals surface area contributed by atoms with Gasteiger partial charge in [-0.25, -0.2) is 30.6 Å². The molecule has 0 atom stereocenters. The maximum atomic E-state index is 12.7. The highest BCUT2D eigenvalue weighted by Gasteiger charge is 2.20. The zero-order valence-corrected chi connectivity index (χ0v) is 26.7. The van der Waals surface area contributed by atoms with E-state index in [4.69, 9.17) is 0 Å². The minimum Gasteiger partial charge on any atom is -0.452 e. The van der Waals surface area contributed by atoms with Crippen LogP contribution in [0.3, 0.4) is 0 Å². The third kappa shape index (κ3) is 8.57. The number of hydrogen-bond acceptors (Lipinski definition) is 7. The second kappa shape index (κ2) is 15.2. The first-order chi connectivity index (χ1) is 21.6. The summed E-state index contributed by atoms with van der Waals surface area (Å²) in [5.74, 6) is 1.26. The number of hydrazine groups is 2. The summed E-state index contributed by atoms with van der Waals surface area (Å²) in [4.78, 5) is 52.2. The maximum Gasteiger partial charge on any atom is 0.425 e. The van der Waals surface area contributed by atoms with Gasteiger partial charge in [-0.2, -0.15) is 0 Å². The molecule has 4 rings (SSSR count). The van der Waals surface area contributed by atoms with Crippen LogP contribution < -0.4 is 10.9 Å². The van der Waals surface area contributed by atoms with E-state index in [9.17, 15) is 14.4 Å². The van der Waals surface area contributed by atoms with Crippen molar-refractivity contribution in [2.45, 2.75) is 65.5 Å². The number of imidazole rings is 2. The molecule has 3 amide bonds. The fourth-order valence-corrected chi connectivity index (χ4v) is 4.94. The summed E-state index contributed by atoms with van der Waals surface area (Å²) in [6.07, 6.45) is 4.36. The largest absolute Gasteiger partial charge is 0.452 e. The Labute approximate surface area is 263 Å². The lowest BCUT2D eigenvalue weighted by atomic mass is 10.0. The highest BCUT2D eigenvalue weighted by molar-refractivity contribution is 5.80. The fraction of sp³-hybridized carbons (Fsp3) is 0.364. The van der Waals surface area contributed by atoms with Gasteiger partial charge in [-0.15, -0.1) is 0 Å². The summed E-state index contributed by atoms with van der Waals surface area (Å²) >= 11 is 0. The van der Waals surface area contributed by atoms with Gasteiger partial charge in [0.25, 0.3) is 0 Å². The summed E-state index contributed by atoms with van der Waals surface area (Å²) in [5.41, 5.74) is 11.3. The minimum atomic E-state index is -0.687. The number of H-pyrrole nitrogens is 2. The summed E-state index contributed by atoms with van der Waals surface area (Å²) < 4.78 is 4.61. The van der Waals surface area contributed by atoms with E-state index in [1.807, 2.05) is 39.8 Å². The van der Waals surface area contributed by atoms with Crippen molar-refractivity contribution in [1.29, 1.82) is 0 Å². The molecular weight excluding hydrogens is 572 g/mol. The predicted molar refractivity (Wildman–Crippen MR) is 172 cm³/mol. The molecule has 0 fully saturated rings. The van der Waals surface area contributed by atoms with E-state index in [0.29, 0.717) is 25.1 Å². The standard InChI is InChI=1S/C33H42N8O4/c1-21(2)40(34-5)31(42)17-15-29-35-19-27(37-29)25-11-7-23(8-12-25)24-9-13-26(14-10-24)28-20-36-30(38-28)16-18-32(43)41(22(3)4)39-33(44)45-6/h7-14,19-22,34H,15-18H2,1-6H3,(H,35,37)(H,36,38)(H,39,44). The molecule has 0 bridgehead atoms. The lowest BCUT2D eigenvalue weighted by Crippen LogP contribution is -2.50. The van der Waals surface area contributed by atoms with E-state index < -0.39 is 6.09 Å². The monoisotopic (exact) mass is 614 g/mol. The molecule has 45 heavy (non-hydrogen) atoms. The van der Waals surface area contributed by atoms with Crippen molar-refractivity contribution in [1.82, 2.24) is 40.8 Å². The molecule has 0 aliphatic heterocycles. The summed E-state index contributed by atoms with van der Waals surface area (Å²) in [6, 6.07) is 16.3. The number of hydrogen-bond donors (Lipinski definition) is 4. The number of carbonyl (C=O) groups excluding carboxylic acids is 3. The molecule has 0 saturated carbocycles. The average Bonchev–Trinajstić information content (AvgIpc) is 3.72. The van der Waals surface area contributed by atoms with Crippen LogP contribution in [0.4, 0.5) is 4.79 Å². The van der Waals surface area contributed by atoms with Crippen LogP contribution in [0, 0.1) is 0 Å². The number of amides is 3. The topological polar surface area (TPSA) is 148 Å². The van der Waals surface area contributed by atoms with Gasteiger partial charge in [0.1, 0.15) is 11.6 Å². The van der Waals surface area contributed by atoms with Gasteiger partial charge in [-0.3, -0.25) is 14.6 Å². The van der Waals surface area contributed by atoms with Crippen LogP contribution in [-0.2, 0) is 27.2 Å². The van der Waals surface area contributed by atoms with Gasteiger partial charge in [0.15, 0.2) is 0 Å². The van der Waals surface area contributed by atoms with Crippen LogP contribution >= 0.6 is 0 Å². The number of methoxy groups -OCH3 is 1. The molecule has 238 valence electrons. The second-order valence-electron chi connectivity index (χ2n) is 11.2. The van der Waals surface area contributed by atoms with Gasteiger partial charge < -0.3 is 14.7 Å².